The van der Waals surface area contributed by atoms with Gasteiger partial charge in [-0.05, 0) is 13.3 Å². The number of ether oxygens (including phenoxy) is 2. The molecule has 1 unspecified atom stereocenters. The first-order valence-electron chi connectivity index (χ1n) is 9.16. The third kappa shape index (κ3) is 16.8. The first-order chi connectivity index (χ1) is 11.5. The van der Waals surface area contributed by atoms with Gasteiger partial charge in [-0.2, -0.15) is 0 Å². The molecule has 0 aromatic rings. The number of unbranched alkanes of at least 4 members (excludes halogenated alkanes) is 8. The van der Waals surface area contributed by atoms with Gasteiger partial charge in [-0.3, -0.25) is 14.4 Å². The summed E-state index contributed by atoms with van der Waals surface area (Å²) in [5.74, 6) is -2.00. The number of esters is 3. The second kappa shape index (κ2) is 18.4. The maximum Gasteiger partial charge on any atom is 1.00 e. The van der Waals surface area contributed by atoms with E-state index in [2.05, 4.69) is 16.4 Å². The number of carbonyl (C=O) groups is 3. The van der Waals surface area contributed by atoms with Crippen LogP contribution in [0.5, 0.6) is 0 Å². The zero-order valence-corrected chi connectivity index (χ0v) is 18.2. The van der Waals surface area contributed by atoms with Crippen LogP contribution < -0.4 is 35.3 Å². The summed E-state index contributed by atoms with van der Waals surface area (Å²) >= 11 is 0. The number of nitrogens with two attached hydrogens (primary N) is 1. The zero-order chi connectivity index (χ0) is 18.2. The van der Waals surface area contributed by atoms with Crippen molar-refractivity contribution in [3.05, 3.63) is 0 Å². The number of hydrogen-bond donors (Lipinski definition) is 1. The normalized spacial score (nSPS) is 11.3. The van der Waals surface area contributed by atoms with E-state index in [9.17, 15) is 14.4 Å². The Hall–Kier alpha value is -0.430. The van der Waals surface area contributed by atoms with E-state index in [0.29, 0.717) is 6.42 Å². The molecule has 0 heterocycles. The minimum Gasteiger partial charge on any atom is -1.00 e. The fraction of sp³-hybridized carbons (Fsp3) is 0.833. The summed E-state index contributed by atoms with van der Waals surface area (Å²) in [6.07, 6.45) is 10.2. The third-order valence-electron chi connectivity index (χ3n) is 3.69. The average molecular weight is 367 g/mol. The summed E-state index contributed by atoms with van der Waals surface area (Å²) in [7, 11) is 0. The van der Waals surface area contributed by atoms with E-state index in [0.717, 1.165) is 12.8 Å². The van der Waals surface area contributed by atoms with Gasteiger partial charge in [0.25, 0.3) is 0 Å². The maximum absolute atomic E-state index is 11.5. The Labute approximate surface area is 175 Å². The molecular weight excluding hydrogens is 333 g/mol. The molecule has 0 rings (SSSR count). The predicted molar refractivity (Wildman–Crippen MR) is 93.3 cm³/mol. The van der Waals surface area contributed by atoms with Gasteiger partial charge >= 0.3 is 47.5 Å². The van der Waals surface area contributed by atoms with Crippen LogP contribution in [0.3, 0.4) is 0 Å². The molecule has 7 heteroatoms. The molecule has 142 valence electrons. The van der Waals surface area contributed by atoms with Crippen LogP contribution in [-0.2, 0) is 23.9 Å². The first kappa shape index (κ1) is 26.8. The van der Waals surface area contributed by atoms with Gasteiger partial charge in [-0.15, -0.1) is 0 Å². The van der Waals surface area contributed by atoms with Crippen molar-refractivity contribution in [1.82, 2.24) is 0 Å². The van der Waals surface area contributed by atoms with Gasteiger partial charge in [0.05, 0.1) is 13.0 Å². The molecule has 0 aliphatic rings. The molecule has 0 spiro atoms. The van der Waals surface area contributed by atoms with Crippen LogP contribution in [0.4, 0.5) is 0 Å². The summed E-state index contributed by atoms with van der Waals surface area (Å²) in [5, 5.41) is 0. The van der Waals surface area contributed by atoms with Crippen LogP contribution in [0.15, 0.2) is 0 Å². The van der Waals surface area contributed by atoms with Crippen molar-refractivity contribution in [1.29, 1.82) is 0 Å². The molecule has 0 saturated carbocycles. The maximum atomic E-state index is 11.5. The Kier molecular flexibility index (Phi) is 19.7. The minimum atomic E-state index is -1.09. The predicted octanol–water partition coefficient (Wildman–Crippen LogP) is 0.374. The van der Waals surface area contributed by atoms with E-state index in [4.69, 9.17) is 5.73 Å². The van der Waals surface area contributed by atoms with Crippen LogP contribution >= 0.6 is 0 Å². The second-order valence-electron chi connectivity index (χ2n) is 5.99. The van der Waals surface area contributed by atoms with Gasteiger partial charge in [0.2, 0.25) is 0 Å². The molecular formula is C18H34NNaO5. The van der Waals surface area contributed by atoms with Crippen molar-refractivity contribution in [3.63, 3.8) is 0 Å². The summed E-state index contributed by atoms with van der Waals surface area (Å²) < 4.78 is 9.34. The van der Waals surface area contributed by atoms with Gasteiger partial charge in [0, 0.05) is 6.42 Å². The summed E-state index contributed by atoms with van der Waals surface area (Å²) in [5.41, 5.74) is 5.49. The first-order valence-corrected chi connectivity index (χ1v) is 9.16. The molecule has 0 fully saturated rings. The molecule has 6 nitrogen and oxygen atoms in total. The van der Waals surface area contributed by atoms with Gasteiger partial charge < -0.3 is 16.6 Å². The molecule has 25 heavy (non-hydrogen) atoms. The quantitative estimate of drug-likeness (QED) is 0.206. The van der Waals surface area contributed by atoms with E-state index in [-0.39, 0.29) is 50.4 Å². The molecule has 0 aliphatic heterocycles. The van der Waals surface area contributed by atoms with Crippen molar-refractivity contribution < 1.29 is 54.8 Å². The number of hydrogen-bond acceptors (Lipinski definition) is 6. The number of rotatable bonds is 14. The van der Waals surface area contributed by atoms with Crippen LogP contribution in [0.1, 0.15) is 85.9 Å². The standard InChI is InChI=1S/C18H33NO5.Na.H/c1-3-5-6-7-8-9-10-11-12-13-16(20)24-17(21)14-15(19)18(22)23-4-2;;/h15H,3-14,19H2,1-2H3;;/q;+1;-1. The van der Waals surface area contributed by atoms with E-state index < -0.39 is 23.9 Å². The summed E-state index contributed by atoms with van der Waals surface area (Å²) in [6.45, 7) is 4.05. The van der Waals surface area contributed by atoms with Gasteiger partial charge in [0.1, 0.15) is 6.04 Å². The second-order valence-corrected chi connectivity index (χ2v) is 5.99. The molecule has 2 N–H and O–H groups in total. The van der Waals surface area contributed by atoms with E-state index in [1.54, 1.807) is 6.92 Å². The SMILES string of the molecule is CCCCCCCCCCCC(=O)OC(=O)CC(N)C(=O)OCC.[H-].[Na+]. The van der Waals surface area contributed by atoms with Crippen LogP contribution in [0, 0.1) is 0 Å². The van der Waals surface area contributed by atoms with Gasteiger partial charge in [-0.1, -0.05) is 58.3 Å². The fourth-order valence-corrected chi connectivity index (χ4v) is 2.31. The molecule has 0 bridgehead atoms. The fourth-order valence-electron chi connectivity index (χ4n) is 2.31. The van der Waals surface area contributed by atoms with Crippen LogP contribution in [-0.4, -0.2) is 30.6 Å². The summed E-state index contributed by atoms with van der Waals surface area (Å²) in [4.78, 5) is 34.3. The third-order valence-corrected chi connectivity index (χ3v) is 3.69. The van der Waals surface area contributed by atoms with Crippen molar-refractivity contribution >= 4 is 17.9 Å². The van der Waals surface area contributed by atoms with Crippen molar-refractivity contribution in [2.24, 2.45) is 5.73 Å². The molecule has 0 aliphatic carbocycles. The van der Waals surface area contributed by atoms with Crippen LogP contribution in [0.25, 0.3) is 0 Å². The largest absolute Gasteiger partial charge is 1.00 e. The van der Waals surface area contributed by atoms with E-state index in [1.807, 2.05) is 0 Å². The Morgan fingerprint density at radius 3 is 1.92 bits per heavy atom. The Morgan fingerprint density at radius 1 is 0.880 bits per heavy atom. The molecule has 0 aromatic carbocycles. The van der Waals surface area contributed by atoms with Gasteiger partial charge in [0.15, 0.2) is 0 Å². The molecule has 1 atom stereocenters. The van der Waals surface area contributed by atoms with E-state index in [1.165, 1.54) is 38.5 Å². The molecule has 0 radical (unpaired) electrons. The Bertz CT molecular complexity index is 383. The Morgan fingerprint density at radius 2 is 1.40 bits per heavy atom. The van der Waals surface area contributed by atoms with Crippen molar-refractivity contribution in [2.75, 3.05) is 6.61 Å². The minimum absolute atomic E-state index is 0. The number of carbonyl (C=O) groups excluding carboxylic acids is 3. The molecule has 0 amide bonds. The van der Waals surface area contributed by atoms with Gasteiger partial charge in [-0.25, -0.2) is 0 Å². The Balaban J connectivity index is -0.00000264. The summed E-state index contributed by atoms with van der Waals surface area (Å²) in [6, 6.07) is -1.09. The van der Waals surface area contributed by atoms with Crippen molar-refractivity contribution in [3.8, 4) is 0 Å². The van der Waals surface area contributed by atoms with Crippen LogP contribution in [0.2, 0.25) is 0 Å². The zero-order valence-electron chi connectivity index (χ0n) is 17.2. The smallest absolute Gasteiger partial charge is 1.00 e. The molecule has 0 saturated heterocycles. The average Bonchev–Trinajstić information content (AvgIpc) is 2.53. The topological polar surface area (TPSA) is 95.7 Å². The monoisotopic (exact) mass is 367 g/mol. The van der Waals surface area contributed by atoms with E-state index >= 15 is 0 Å². The van der Waals surface area contributed by atoms with Crippen molar-refractivity contribution in [2.45, 2.75) is 90.5 Å². The molecule has 0 aromatic heterocycles.